The number of hydrogen-bond donors (Lipinski definition) is 2. The Morgan fingerprint density at radius 3 is 2.92 bits per heavy atom. The van der Waals surface area contributed by atoms with Crippen molar-refractivity contribution in [3.63, 3.8) is 0 Å². The molecular formula is C19H30N4O3. The number of oxime groups is 1. The number of amidine groups is 1. The summed E-state index contributed by atoms with van der Waals surface area (Å²) in [5.74, 6) is 0.700. The van der Waals surface area contributed by atoms with Gasteiger partial charge in [0.2, 0.25) is 6.10 Å². The maximum Gasteiger partial charge on any atom is 0.268 e. The normalized spacial score (nSPS) is 19.7. The van der Waals surface area contributed by atoms with Crippen LogP contribution in [0.5, 0.6) is 5.75 Å². The third kappa shape index (κ3) is 5.91. The van der Waals surface area contributed by atoms with Crippen LogP contribution in [0.3, 0.4) is 0 Å². The Morgan fingerprint density at radius 1 is 1.42 bits per heavy atom. The van der Waals surface area contributed by atoms with E-state index in [9.17, 15) is 4.79 Å². The zero-order valence-electron chi connectivity index (χ0n) is 15.9. The van der Waals surface area contributed by atoms with E-state index in [4.69, 9.17) is 15.3 Å². The molecule has 7 nitrogen and oxygen atoms in total. The molecular weight excluding hydrogens is 332 g/mol. The summed E-state index contributed by atoms with van der Waals surface area (Å²) < 4.78 is 5.50. The summed E-state index contributed by atoms with van der Waals surface area (Å²) >= 11 is 0. The topological polar surface area (TPSA) is 89.2 Å². The van der Waals surface area contributed by atoms with Gasteiger partial charge in [-0.25, -0.2) is 0 Å². The van der Waals surface area contributed by atoms with Crippen LogP contribution < -0.4 is 15.8 Å². The van der Waals surface area contributed by atoms with Crippen LogP contribution in [0.4, 0.5) is 5.69 Å². The summed E-state index contributed by atoms with van der Waals surface area (Å²) in [6.07, 6.45) is 2.84. The predicted octanol–water partition coefficient (Wildman–Crippen LogP) is 2.58. The Balaban J connectivity index is 1.86. The van der Waals surface area contributed by atoms with Crippen molar-refractivity contribution < 1.29 is 14.4 Å². The first-order valence-electron chi connectivity index (χ1n) is 9.26. The lowest BCUT2D eigenvalue weighted by atomic mass is 10.0. The molecule has 2 atom stereocenters. The van der Waals surface area contributed by atoms with Gasteiger partial charge in [-0.3, -0.25) is 9.69 Å². The van der Waals surface area contributed by atoms with Crippen LogP contribution in [0.1, 0.15) is 40.0 Å². The van der Waals surface area contributed by atoms with Crippen molar-refractivity contribution in [3.8, 4) is 5.75 Å². The fraction of sp³-hybridized carbons (Fsp3) is 0.579. The van der Waals surface area contributed by atoms with Crippen LogP contribution in [-0.2, 0) is 9.63 Å². The molecule has 0 spiro atoms. The van der Waals surface area contributed by atoms with Gasteiger partial charge in [0.05, 0.1) is 18.8 Å². The molecule has 7 heteroatoms. The van der Waals surface area contributed by atoms with E-state index in [1.807, 2.05) is 19.1 Å². The number of carbonyl (C=O) groups excluding carboxylic acids is 1. The van der Waals surface area contributed by atoms with Crippen LogP contribution in [-0.4, -0.2) is 48.5 Å². The summed E-state index contributed by atoms with van der Waals surface area (Å²) in [7, 11) is 0. The van der Waals surface area contributed by atoms with Crippen molar-refractivity contribution in [2.45, 2.75) is 52.2 Å². The van der Waals surface area contributed by atoms with E-state index in [2.05, 4.69) is 22.3 Å². The second-order valence-corrected chi connectivity index (χ2v) is 6.56. The lowest BCUT2D eigenvalue weighted by molar-refractivity contribution is -0.126. The molecule has 1 saturated heterocycles. The molecule has 2 rings (SSSR count). The second kappa shape index (κ2) is 10.0. The number of likely N-dealkylation sites (tertiary alicyclic amines) is 1. The molecule has 26 heavy (non-hydrogen) atoms. The van der Waals surface area contributed by atoms with E-state index >= 15 is 0 Å². The predicted molar refractivity (Wildman–Crippen MR) is 103 cm³/mol. The zero-order valence-corrected chi connectivity index (χ0v) is 15.9. The monoisotopic (exact) mass is 362 g/mol. The third-order valence-electron chi connectivity index (χ3n) is 4.45. The molecule has 1 heterocycles. The highest BCUT2D eigenvalue weighted by molar-refractivity contribution is 5.95. The molecule has 1 amide bonds. The van der Waals surface area contributed by atoms with Gasteiger partial charge in [0, 0.05) is 6.04 Å². The molecule has 0 radical (unpaired) electrons. The number of ether oxygens (including phenoxy) is 1. The highest BCUT2D eigenvalue weighted by Crippen LogP contribution is 2.24. The minimum absolute atomic E-state index is 0.306. The van der Waals surface area contributed by atoms with E-state index in [1.54, 1.807) is 19.1 Å². The van der Waals surface area contributed by atoms with Crippen molar-refractivity contribution in [1.82, 2.24) is 4.90 Å². The van der Waals surface area contributed by atoms with Gasteiger partial charge in [-0.15, -0.1) is 0 Å². The number of hydrogen-bond acceptors (Lipinski definition) is 5. The van der Waals surface area contributed by atoms with Gasteiger partial charge in [-0.2, -0.15) is 0 Å². The van der Waals surface area contributed by atoms with Gasteiger partial charge in [-0.1, -0.05) is 23.7 Å². The Kier molecular flexibility index (Phi) is 7.72. The molecule has 0 bridgehead atoms. The number of benzene rings is 1. The molecule has 1 aliphatic heterocycles. The van der Waals surface area contributed by atoms with Crippen LogP contribution in [0.25, 0.3) is 0 Å². The van der Waals surface area contributed by atoms with Gasteiger partial charge in [0.25, 0.3) is 5.91 Å². The second-order valence-electron chi connectivity index (χ2n) is 6.56. The minimum Gasteiger partial charge on any atom is -0.492 e. The van der Waals surface area contributed by atoms with Gasteiger partial charge >= 0.3 is 0 Å². The van der Waals surface area contributed by atoms with Crippen molar-refractivity contribution in [3.05, 3.63) is 24.3 Å². The van der Waals surface area contributed by atoms with Crippen LogP contribution >= 0.6 is 0 Å². The maximum absolute atomic E-state index is 12.3. The van der Waals surface area contributed by atoms with E-state index in [1.165, 1.54) is 19.3 Å². The number of para-hydroxylation sites is 2. The minimum atomic E-state index is -0.762. The molecule has 1 aromatic carbocycles. The van der Waals surface area contributed by atoms with Crippen LogP contribution in [0.15, 0.2) is 29.4 Å². The smallest absolute Gasteiger partial charge is 0.268 e. The van der Waals surface area contributed by atoms with Crippen LogP contribution in [0, 0.1) is 0 Å². The first-order valence-corrected chi connectivity index (χ1v) is 9.26. The summed E-state index contributed by atoms with van der Waals surface area (Å²) in [6, 6.07) is 7.77. The van der Waals surface area contributed by atoms with Crippen LogP contribution in [0.2, 0.25) is 0 Å². The number of nitrogens with zero attached hydrogens (tertiary/aromatic N) is 2. The van der Waals surface area contributed by atoms with E-state index in [0.717, 1.165) is 6.54 Å². The molecule has 1 aromatic rings. The molecule has 1 fully saturated rings. The molecule has 3 N–H and O–H groups in total. The van der Waals surface area contributed by atoms with E-state index in [0.29, 0.717) is 36.5 Å². The average molecular weight is 362 g/mol. The molecule has 1 aliphatic rings. The highest BCUT2D eigenvalue weighted by Gasteiger charge is 2.20. The first-order chi connectivity index (χ1) is 12.5. The highest BCUT2D eigenvalue weighted by atomic mass is 16.6. The zero-order chi connectivity index (χ0) is 18.9. The number of piperidine rings is 1. The van der Waals surface area contributed by atoms with Gasteiger partial charge < -0.3 is 20.6 Å². The van der Waals surface area contributed by atoms with Crippen molar-refractivity contribution in [1.29, 1.82) is 0 Å². The summed E-state index contributed by atoms with van der Waals surface area (Å²) in [6.45, 7) is 7.82. The number of amides is 1. The van der Waals surface area contributed by atoms with Crippen molar-refractivity contribution >= 4 is 17.4 Å². The van der Waals surface area contributed by atoms with Gasteiger partial charge in [0.1, 0.15) is 5.75 Å². The fourth-order valence-electron chi connectivity index (χ4n) is 2.91. The summed E-state index contributed by atoms with van der Waals surface area (Å²) in [4.78, 5) is 19.9. The molecule has 2 unspecified atom stereocenters. The molecule has 0 saturated carbocycles. The number of anilines is 1. The standard InChI is InChI=1S/C19H30N4O3/c1-4-25-17-11-6-5-10-16(17)21-19(24)15(3)26-22-18(20)13-23-12-8-7-9-14(23)2/h5-6,10-11,14-15H,4,7-9,12-13H2,1-3H3,(H2,20,22)(H,21,24). The van der Waals surface area contributed by atoms with Gasteiger partial charge in [-0.05, 0) is 52.3 Å². The fourth-order valence-corrected chi connectivity index (χ4v) is 2.91. The Hall–Kier alpha value is -2.28. The van der Waals surface area contributed by atoms with Crippen molar-refractivity contribution in [2.75, 3.05) is 25.0 Å². The first kappa shape index (κ1) is 20.0. The number of nitrogens with one attached hydrogen (secondary N) is 1. The molecule has 0 aromatic heterocycles. The quantitative estimate of drug-likeness (QED) is 0.421. The third-order valence-corrected chi connectivity index (χ3v) is 4.45. The lowest BCUT2D eigenvalue weighted by Crippen LogP contribution is -2.43. The maximum atomic E-state index is 12.3. The lowest BCUT2D eigenvalue weighted by Gasteiger charge is -2.32. The number of carbonyl (C=O) groups is 1. The summed E-state index contributed by atoms with van der Waals surface area (Å²) in [5, 5.41) is 6.73. The van der Waals surface area contributed by atoms with Crippen molar-refractivity contribution in [2.24, 2.45) is 10.9 Å². The average Bonchev–Trinajstić information content (AvgIpc) is 2.63. The Bertz CT molecular complexity index is 621. The Labute approximate surface area is 155 Å². The van der Waals surface area contributed by atoms with E-state index < -0.39 is 6.10 Å². The van der Waals surface area contributed by atoms with E-state index in [-0.39, 0.29) is 5.91 Å². The Morgan fingerprint density at radius 2 is 2.19 bits per heavy atom. The SMILES string of the molecule is CCOc1ccccc1NC(=O)C(C)ON=C(N)CN1CCCCC1C. The number of nitrogens with two attached hydrogens (primary N) is 1. The summed E-state index contributed by atoms with van der Waals surface area (Å²) in [5.41, 5.74) is 6.57. The largest absolute Gasteiger partial charge is 0.492 e. The molecule has 0 aliphatic carbocycles. The molecule has 144 valence electrons. The number of rotatable bonds is 8. The van der Waals surface area contributed by atoms with Gasteiger partial charge in [0.15, 0.2) is 5.84 Å².